The molecule has 1 aliphatic rings. The molecule has 2 N–H and O–H groups in total. The van der Waals surface area contributed by atoms with Gasteiger partial charge in [-0.25, -0.2) is 9.18 Å². The minimum absolute atomic E-state index is 0.0436. The van der Waals surface area contributed by atoms with Crippen LogP contribution in [0, 0.1) is 11.7 Å². The van der Waals surface area contributed by atoms with Crippen molar-refractivity contribution in [1.82, 2.24) is 10.6 Å². The summed E-state index contributed by atoms with van der Waals surface area (Å²) in [5.41, 5.74) is 2.00. The molecule has 0 spiro atoms. The van der Waals surface area contributed by atoms with Crippen molar-refractivity contribution in [2.24, 2.45) is 5.92 Å². The van der Waals surface area contributed by atoms with Gasteiger partial charge >= 0.3 is 6.03 Å². The molecule has 0 aromatic heterocycles. The van der Waals surface area contributed by atoms with Crippen LogP contribution in [0.15, 0.2) is 54.6 Å². The standard InChI is InChI=1S/C20H24FN3O/c1-24(18-9-7-17(21)8-10-18)20(25)23-19-14-16(11-12-22-19)13-15-5-3-2-4-6-15/h2-10,16,19,22H,11-14H2,1H3,(H,23,25)/t16-,19+/m0/s1. The summed E-state index contributed by atoms with van der Waals surface area (Å²) in [6, 6.07) is 16.2. The van der Waals surface area contributed by atoms with Gasteiger partial charge in [-0.05, 0) is 61.6 Å². The summed E-state index contributed by atoms with van der Waals surface area (Å²) in [6.45, 7) is 0.892. The lowest BCUT2D eigenvalue weighted by Gasteiger charge is -2.32. The highest BCUT2D eigenvalue weighted by Crippen LogP contribution is 2.21. The normalized spacial score (nSPS) is 20.1. The Morgan fingerprint density at radius 2 is 1.92 bits per heavy atom. The largest absolute Gasteiger partial charge is 0.322 e. The highest BCUT2D eigenvalue weighted by atomic mass is 19.1. The van der Waals surface area contributed by atoms with Gasteiger partial charge in [0.1, 0.15) is 5.82 Å². The summed E-state index contributed by atoms with van der Waals surface area (Å²) in [6.07, 6.45) is 2.99. The van der Waals surface area contributed by atoms with E-state index in [4.69, 9.17) is 0 Å². The van der Waals surface area contributed by atoms with Crippen molar-refractivity contribution >= 4 is 11.7 Å². The summed E-state index contributed by atoms with van der Waals surface area (Å²) < 4.78 is 13.0. The van der Waals surface area contributed by atoms with Crippen LogP contribution in [-0.2, 0) is 6.42 Å². The molecule has 2 atom stereocenters. The van der Waals surface area contributed by atoms with Crippen LogP contribution in [0.2, 0.25) is 0 Å². The lowest BCUT2D eigenvalue weighted by atomic mass is 9.89. The van der Waals surface area contributed by atoms with Crippen molar-refractivity contribution in [3.8, 4) is 0 Å². The van der Waals surface area contributed by atoms with E-state index < -0.39 is 0 Å². The predicted molar refractivity (Wildman–Crippen MR) is 98.0 cm³/mol. The molecule has 1 aliphatic heterocycles. The second kappa shape index (κ2) is 8.12. The molecule has 2 aromatic rings. The van der Waals surface area contributed by atoms with Crippen LogP contribution < -0.4 is 15.5 Å². The van der Waals surface area contributed by atoms with Gasteiger partial charge in [0.25, 0.3) is 0 Å². The number of nitrogens with one attached hydrogen (secondary N) is 2. The quantitative estimate of drug-likeness (QED) is 0.893. The number of hydrogen-bond acceptors (Lipinski definition) is 2. The first-order chi connectivity index (χ1) is 12.1. The zero-order chi connectivity index (χ0) is 17.6. The summed E-state index contributed by atoms with van der Waals surface area (Å²) in [7, 11) is 1.69. The van der Waals surface area contributed by atoms with Crippen LogP contribution in [-0.4, -0.2) is 25.8 Å². The molecular weight excluding hydrogens is 317 g/mol. The lowest BCUT2D eigenvalue weighted by Crippen LogP contribution is -2.53. The second-order valence-corrected chi connectivity index (χ2v) is 6.57. The number of urea groups is 1. The molecule has 25 heavy (non-hydrogen) atoms. The van der Waals surface area contributed by atoms with Crippen LogP contribution in [0.3, 0.4) is 0 Å². The summed E-state index contributed by atoms with van der Waals surface area (Å²) in [5.74, 6) is 0.236. The Balaban J connectivity index is 1.54. The maximum absolute atomic E-state index is 13.0. The number of piperidine rings is 1. The van der Waals surface area contributed by atoms with Gasteiger partial charge in [-0.3, -0.25) is 10.2 Å². The molecule has 0 radical (unpaired) electrons. The highest BCUT2D eigenvalue weighted by Gasteiger charge is 2.24. The summed E-state index contributed by atoms with van der Waals surface area (Å²) in [5, 5.41) is 6.39. The van der Waals surface area contributed by atoms with E-state index in [2.05, 4.69) is 34.9 Å². The monoisotopic (exact) mass is 341 g/mol. The molecule has 3 rings (SSSR count). The van der Waals surface area contributed by atoms with E-state index in [0.29, 0.717) is 11.6 Å². The molecule has 4 nitrogen and oxygen atoms in total. The van der Waals surface area contributed by atoms with E-state index in [1.807, 2.05) is 6.07 Å². The Hall–Kier alpha value is -2.40. The number of anilines is 1. The Morgan fingerprint density at radius 3 is 2.64 bits per heavy atom. The Labute approximate surface area is 148 Å². The fourth-order valence-corrected chi connectivity index (χ4v) is 3.27. The van der Waals surface area contributed by atoms with Crippen molar-refractivity contribution in [3.63, 3.8) is 0 Å². The number of carbonyl (C=O) groups is 1. The highest BCUT2D eigenvalue weighted by molar-refractivity contribution is 5.91. The van der Waals surface area contributed by atoms with E-state index in [9.17, 15) is 9.18 Å². The minimum Gasteiger partial charge on any atom is -0.322 e. The van der Waals surface area contributed by atoms with Gasteiger partial charge in [0.2, 0.25) is 0 Å². The third-order valence-corrected chi connectivity index (χ3v) is 4.70. The zero-order valence-corrected chi connectivity index (χ0v) is 14.4. The number of benzene rings is 2. The molecule has 0 saturated carbocycles. The van der Waals surface area contributed by atoms with Gasteiger partial charge < -0.3 is 5.32 Å². The van der Waals surface area contributed by atoms with Crippen LogP contribution in [0.1, 0.15) is 18.4 Å². The van der Waals surface area contributed by atoms with Crippen LogP contribution >= 0.6 is 0 Å². The Morgan fingerprint density at radius 1 is 1.20 bits per heavy atom. The Bertz CT molecular complexity index is 690. The fraction of sp³-hybridized carbons (Fsp3) is 0.350. The van der Waals surface area contributed by atoms with Crippen molar-refractivity contribution in [2.45, 2.75) is 25.4 Å². The van der Waals surface area contributed by atoms with Gasteiger partial charge in [0.05, 0.1) is 6.17 Å². The molecule has 132 valence electrons. The third-order valence-electron chi connectivity index (χ3n) is 4.70. The predicted octanol–water partition coefficient (Wildman–Crippen LogP) is 3.54. The van der Waals surface area contributed by atoms with Gasteiger partial charge in [0.15, 0.2) is 0 Å². The van der Waals surface area contributed by atoms with Crippen LogP contribution in [0.25, 0.3) is 0 Å². The van der Waals surface area contributed by atoms with Gasteiger partial charge in [0, 0.05) is 12.7 Å². The van der Waals surface area contributed by atoms with Gasteiger partial charge in [-0.1, -0.05) is 30.3 Å². The molecule has 1 fully saturated rings. The zero-order valence-electron chi connectivity index (χ0n) is 14.4. The van der Waals surface area contributed by atoms with E-state index >= 15 is 0 Å². The first kappa shape index (κ1) is 17.4. The van der Waals surface area contributed by atoms with Gasteiger partial charge in [-0.2, -0.15) is 0 Å². The number of amides is 2. The topological polar surface area (TPSA) is 44.4 Å². The van der Waals surface area contributed by atoms with Crippen molar-refractivity contribution in [1.29, 1.82) is 0 Å². The van der Waals surface area contributed by atoms with Crippen molar-refractivity contribution in [3.05, 3.63) is 66.0 Å². The molecule has 0 aliphatic carbocycles. The first-order valence-corrected chi connectivity index (χ1v) is 8.69. The van der Waals surface area contributed by atoms with E-state index in [-0.39, 0.29) is 18.0 Å². The molecule has 1 saturated heterocycles. The smallest absolute Gasteiger partial charge is 0.322 e. The maximum atomic E-state index is 13.0. The lowest BCUT2D eigenvalue weighted by molar-refractivity contribution is 0.226. The third kappa shape index (κ3) is 4.79. The number of hydrogen-bond donors (Lipinski definition) is 2. The molecule has 0 unspecified atom stereocenters. The molecular formula is C20H24FN3O. The maximum Gasteiger partial charge on any atom is 0.322 e. The van der Waals surface area contributed by atoms with E-state index in [1.165, 1.54) is 22.6 Å². The van der Waals surface area contributed by atoms with E-state index in [0.717, 1.165) is 25.8 Å². The van der Waals surface area contributed by atoms with E-state index in [1.54, 1.807) is 19.2 Å². The number of nitrogens with zero attached hydrogens (tertiary/aromatic N) is 1. The first-order valence-electron chi connectivity index (χ1n) is 8.69. The fourth-order valence-electron chi connectivity index (χ4n) is 3.27. The molecule has 2 amide bonds. The SMILES string of the molecule is CN(C(=O)N[C@@H]1C[C@H](Cc2ccccc2)CCN1)c1ccc(F)cc1. The summed E-state index contributed by atoms with van der Waals surface area (Å²) in [4.78, 5) is 13.9. The number of rotatable bonds is 4. The number of carbonyl (C=O) groups excluding carboxylic acids is 1. The Kier molecular flexibility index (Phi) is 5.66. The minimum atomic E-state index is -0.310. The van der Waals surface area contributed by atoms with Crippen molar-refractivity contribution in [2.75, 3.05) is 18.5 Å². The van der Waals surface area contributed by atoms with Gasteiger partial charge in [-0.15, -0.1) is 0 Å². The number of halogens is 1. The second-order valence-electron chi connectivity index (χ2n) is 6.57. The average molecular weight is 341 g/mol. The summed E-state index contributed by atoms with van der Waals surface area (Å²) >= 11 is 0. The van der Waals surface area contributed by atoms with Crippen LogP contribution in [0.4, 0.5) is 14.9 Å². The molecule has 2 aromatic carbocycles. The van der Waals surface area contributed by atoms with Crippen LogP contribution in [0.5, 0.6) is 0 Å². The molecule has 5 heteroatoms. The van der Waals surface area contributed by atoms with Crippen molar-refractivity contribution < 1.29 is 9.18 Å². The molecule has 0 bridgehead atoms. The molecule has 1 heterocycles. The average Bonchev–Trinajstić information content (AvgIpc) is 2.63.